The third kappa shape index (κ3) is 4.14. The Kier molecular flexibility index (Phi) is 5.66. The van der Waals surface area contributed by atoms with E-state index in [2.05, 4.69) is 48.1 Å². The Morgan fingerprint density at radius 1 is 1.32 bits per heavy atom. The molecule has 6 heteroatoms. The zero-order valence-corrected chi connectivity index (χ0v) is 14.2. The summed E-state index contributed by atoms with van der Waals surface area (Å²) in [5.74, 6) is 1.26. The van der Waals surface area contributed by atoms with Gasteiger partial charge in [0.1, 0.15) is 10.4 Å². The largest absolute Gasteiger partial charge is 0.354 e. The van der Waals surface area contributed by atoms with Gasteiger partial charge in [-0.2, -0.15) is 4.98 Å². The van der Waals surface area contributed by atoms with Gasteiger partial charge in [-0.15, -0.1) is 0 Å². The standard InChI is InChI=1S/C16H18BrN5/c1-4-7-13-11(5-2)8-12(10-19-13)20-15-9-14(17)21-16(22-15)18-6-3/h4-5,7-10H,2,6H2,1,3H3,(H2,18,20,21,22)/b7-4-. The maximum atomic E-state index is 4.43. The Morgan fingerprint density at radius 2 is 2.14 bits per heavy atom. The SMILES string of the molecule is C=Cc1cc(Nc2cc(Br)nc(NCC)n2)cnc1/C=C\C. The van der Waals surface area contributed by atoms with Crippen molar-refractivity contribution in [1.82, 2.24) is 15.0 Å². The topological polar surface area (TPSA) is 62.7 Å². The summed E-state index contributed by atoms with van der Waals surface area (Å²) in [4.78, 5) is 13.1. The van der Waals surface area contributed by atoms with Crippen LogP contribution in [0.4, 0.5) is 17.5 Å². The molecular weight excluding hydrogens is 342 g/mol. The van der Waals surface area contributed by atoms with Crippen molar-refractivity contribution in [2.24, 2.45) is 0 Å². The second-order valence-electron chi connectivity index (χ2n) is 4.46. The molecular formula is C16H18BrN5. The minimum atomic E-state index is 0.571. The molecule has 2 heterocycles. The monoisotopic (exact) mass is 359 g/mol. The number of allylic oxidation sites excluding steroid dienone is 1. The fourth-order valence-electron chi connectivity index (χ4n) is 1.89. The van der Waals surface area contributed by atoms with Gasteiger partial charge >= 0.3 is 0 Å². The van der Waals surface area contributed by atoms with E-state index in [1.54, 1.807) is 12.3 Å². The number of hydrogen-bond acceptors (Lipinski definition) is 5. The maximum absolute atomic E-state index is 4.43. The number of halogens is 1. The predicted octanol–water partition coefficient (Wildman–Crippen LogP) is 4.49. The Hall–Kier alpha value is -2.21. The molecule has 0 aliphatic heterocycles. The van der Waals surface area contributed by atoms with Crippen LogP contribution in [0.5, 0.6) is 0 Å². The molecule has 2 aromatic heterocycles. The second-order valence-corrected chi connectivity index (χ2v) is 5.27. The van der Waals surface area contributed by atoms with E-state index < -0.39 is 0 Å². The van der Waals surface area contributed by atoms with Gasteiger partial charge in [0.15, 0.2) is 0 Å². The summed E-state index contributed by atoms with van der Waals surface area (Å²) in [5, 5.41) is 6.32. The quantitative estimate of drug-likeness (QED) is 0.744. The first-order chi connectivity index (χ1) is 10.7. The van der Waals surface area contributed by atoms with Crippen molar-refractivity contribution >= 4 is 45.5 Å². The molecule has 2 aromatic rings. The van der Waals surface area contributed by atoms with Crippen LogP contribution in [-0.4, -0.2) is 21.5 Å². The van der Waals surface area contributed by atoms with E-state index >= 15 is 0 Å². The van der Waals surface area contributed by atoms with Gasteiger partial charge in [-0.25, -0.2) is 4.98 Å². The third-order valence-corrected chi connectivity index (χ3v) is 3.20. The molecule has 2 rings (SSSR count). The fourth-order valence-corrected chi connectivity index (χ4v) is 2.27. The Bertz CT molecular complexity index is 697. The van der Waals surface area contributed by atoms with Gasteiger partial charge in [-0.3, -0.25) is 4.98 Å². The van der Waals surface area contributed by atoms with E-state index in [1.165, 1.54) is 0 Å². The second kappa shape index (κ2) is 7.70. The van der Waals surface area contributed by atoms with Crippen LogP contribution >= 0.6 is 15.9 Å². The summed E-state index contributed by atoms with van der Waals surface area (Å²) in [6.07, 6.45) is 7.46. The number of hydrogen-bond donors (Lipinski definition) is 2. The highest BCUT2D eigenvalue weighted by atomic mass is 79.9. The van der Waals surface area contributed by atoms with Crippen LogP contribution in [0.1, 0.15) is 25.1 Å². The predicted molar refractivity (Wildman–Crippen MR) is 96.2 cm³/mol. The number of rotatable bonds is 6. The lowest BCUT2D eigenvalue weighted by Gasteiger charge is -2.10. The Labute approximate surface area is 138 Å². The fraction of sp³-hybridized carbons (Fsp3) is 0.188. The summed E-state index contributed by atoms with van der Waals surface area (Å²) in [7, 11) is 0. The number of aromatic nitrogens is 3. The highest BCUT2D eigenvalue weighted by Crippen LogP contribution is 2.21. The molecule has 0 saturated heterocycles. The molecule has 0 aliphatic carbocycles. The van der Waals surface area contributed by atoms with E-state index in [4.69, 9.17) is 0 Å². The zero-order chi connectivity index (χ0) is 15.9. The van der Waals surface area contributed by atoms with Gasteiger partial charge in [-0.05, 0) is 41.9 Å². The molecule has 0 fully saturated rings. The molecule has 2 N–H and O–H groups in total. The van der Waals surface area contributed by atoms with E-state index in [1.807, 2.05) is 38.1 Å². The molecule has 0 amide bonds. The van der Waals surface area contributed by atoms with Crippen molar-refractivity contribution in [3.8, 4) is 0 Å². The minimum absolute atomic E-state index is 0.571. The molecule has 0 bridgehead atoms. The van der Waals surface area contributed by atoms with E-state index in [-0.39, 0.29) is 0 Å². The molecule has 5 nitrogen and oxygen atoms in total. The lowest BCUT2D eigenvalue weighted by Crippen LogP contribution is -2.04. The third-order valence-electron chi connectivity index (χ3n) is 2.80. The molecule has 114 valence electrons. The Balaban J connectivity index is 2.28. The molecule has 0 unspecified atom stereocenters. The molecule has 0 atom stereocenters. The summed E-state index contributed by atoms with van der Waals surface area (Å²) in [5.41, 5.74) is 2.69. The summed E-state index contributed by atoms with van der Waals surface area (Å²) >= 11 is 3.38. The first-order valence-corrected chi connectivity index (χ1v) is 7.76. The van der Waals surface area contributed by atoms with Crippen molar-refractivity contribution in [3.63, 3.8) is 0 Å². The number of nitrogens with zero attached hydrogens (tertiary/aromatic N) is 3. The normalized spacial score (nSPS) is 10.7. The van der Waals surface area contributed by atoms with Gasteiger partial charge < -0.3 is 10.6 Å². The van der Waals surface area contributed by atoms with Gasteiger partial charge in [0.25, 0.3) is 0 Å². The molecule has 0 aromatic carbocycles. The maximum Gasteiger partial charge on any atom is 0.225 e. The number of nitrogens with one attached hydrogen (secondary N) is 2. The van der Waals surface area contributed by atoms with E-state index in [9.17, 15) is 0 Å². The Morgan fingerprint density at radius 3 is 2.82 bits per heavy atom. The van der Waals surface area contributed by atoms with Crippen molar-refractivity contribution < 1.29 is 0 Å². The van der Waals surface area contributed by atoms with E-state index in [0.29, 0.717) is 16.4 Å². The van der Waals surface area contributed by atoms with E-state index in [0.717, 1.165) is 23.5 Å². The molecule has 0 radical (unpaired) electrons. The van der Waals surface area contributed by atoms with Crippen LogP contribution in [-0.2, 0) is 0 Å². The molecule has 0 spiro atoms. The summed E-state index contributed by atoms with van der Waals surface area (Å²) in [6, 6.07) is 3.80. The van der Waals surface area contributed by atoms with Gasteiger partial charge in [0, 0.05) is 18.2 Å². The zero-order valence-electron chi connectivity index (χ0n) is 12.6. The summed E-state index contributed by atoms with van der Waals surface area (Å²) < 4.78 is 0.711. The number of pyridine rings is 1. The molecule has 22 heavy (non-hydrogen) atoms. The van der Waals surface area contributed by atoms with Gasteiger partial charge in [0.05, 0.1) is 17.6 Å². The first-order valence-electron chi connectivity index (χ1n) is 6.97. The van der Waals surface area contributed by atoms with Gasteiger partial charge in [0.2, 0.25) is 5.95 Å². The minimum Gasteiger partial charge on any atom is -0.354 e. The van der Waals surface area contributed by atoms with Crippen molar-refractivity contribution in [2.75, 3.05) is 17.2 Å². The highest BCUT2D eigenvalue weighted by Gasteiger charge is 2.05. The van der Waals surface area contributed by atoms with Crippen molar-refractivity contribution in [2.45, 2.75) is 13.8 Å². The van der Waals surface area contributed by atoms with Crippen LogP contribution in [0.15, 0.2) is 35.6 Å². The number of anilines is 3. The molecule has 0 saturated carbocycles. The average Bonchev–Trinajstić information content (AvgIpc) is 2.49. The smallest absolute Gasteiger partial charge is 0.225 e. The van der Waals surface area contributed by atoms with Crippen LogP contribution < -0.4 is 10.6 Å². The molecule has 0 aliphatic rings. The average molecular weight is 360 g/mol. The van der Waals surface area contributed by atoms with Crippen LogP contribution in [0.3, 0.4) is 0 Å². The first kappa shape index (κ1) is 16.2. The van der Waals surface area contributed by atoms with Crippen LogP contribution in [0.2, 0.25) is 0 Å². The highest BCUT2D eigenvalue weighted by molar-refractivity contribution is 9.10. The lowest BCUT2D eigenvalue weighted by atomic mass is 10.1. The summed E-state index contributed by atoms with van der Waals surface area (Å²) in [6.45, 7) is 8.55. The van der Waals surface area contributed by atoms with Crippen molar-refractivity contribution in [3.05, 3.63) is 46.8 Å². The lowest BCUT2D eigenvalue weighted by molar-refractivity contribution is 1.07. The van der Waals surface area contributed by atoms with Crippen molar-refractivity contribution in [1.29, 1.82) is 0 Å². The van der Waals surface area contributed by atoms with Gasteiger partial charge in [-0.1, -0.05) is 18.7 Å². The van der Waals surface area contributed by atoms with Crippen LogP contribution in [0, 0.1) is 0 Å². The van der Waals surface area contributed by atoms with Crippen LogP contribution in [0.25, 0.3) is 12.2 Å².